The predicted molar refractivity (Wildman–Crippen MR) is 135 cm³/mol. The summed E-state index contributed by atoms with van der Waals surface area (Å²) in [6.07, 6.45) is 4.54. The number of pyridine rings is 2. The third-order valence-electron chi connectivity index (χ3n) is 6.18. The Morgan fingerprint density at radius 1 is 1.09 bits per heavy atom. The van der Waals surface area contributed by atoms with Gasteiger partial charge in [-0.2, -0.15) is 0 Å². The van der Waals surface area contributed by atoms with Crippen LogP contribution in [0.2, 0.25) is 0 Å². The van der Waals surface area contributed by atoms with Gasteiger partial charge in [-0.3, -0.25) is 14.9 Å². The summed E-state index contributed by atoms with van der Waals surface area (Å²) in [5, 5.41) is 2.20. The lowest BCUT2D eigenvalue weighted by molar-refractivity contribution is 0.0673. The van der Waals surface area contributed by atoms with Crippen molar-refractivity contribution in [1.29, 1.82) is 0 Å². The Hall–Kier alpha value is -3.19. The minimum atomic E-state index is -0.733. The van der Waals surface area contributed by atoms with Gasteiger partial charge >= 0.3 is 6.09 Å². The number of carbonyl (C=O) groups excluding carboxylic acids is 1. The second-order valence-corrected chi connectivity index (χ2v) is 9.71. The smallest absolute Gasteiger partial charge is 0.404 e. The van der Waals surface area contributed by atoms with Gasteiger partial charge in [0.15, 0.2) is 0 Å². The third kappa shape index (κ3) is 6.67. The summed E-state index contributed by atoms with van der Waals surface area (Å²) in [6.45, 7) is 10.5. The van der Waals surface area contributed by atoms with E-state index in [1.807, 2.05) is 36.7 Å². The van der Waals surface area contributed by atoms with Gasteiger partial charge in [0, 0.05) is 36.9 Å². The molecule has 1 aromatic carbocycles. The average molecular weight is 465 g/mol. The summed E-state index contributed by atoms with van der Waals surface area (Å²) >= 11 is 0. The van der Waals surface area contributed by atoms with Gasteiger partial charge in [-0.1, -0.05) is 26.8 Å². The SMILES string of the molecule is COc1ccc2c(CN(Cc3ncccc3C)C(CCCOC(N)=O)C(C)(C)C)nccc2c1. The predicted octanol–water partition coefficient (Wildman–Crippen LogP) is 5.24. The zero-order valence-electron chi connectivity index (χ0n) is 20.9. The van der Waals surface area contributed by atoms with Crippen molar-refractivity contribution < 1.29 is 14.3 Å². The summed E-state index contributed by atoms with van der Waals surface area (Å²) in [5.74, 6) is 0.827. The maximum atomic E-state index is 11.0. The molecule has 2 aromatic heterocycles. The number of aryl methyl sites for hydroxylation is 1. The van der Waals surface area contributed by atoms with Gasteiger partial charge in [0.25, 0.3) is 0 Å². The molecule has 7 heteroatoms. The van der Waals surface area contributed by atoms with E-state index in [0.29, 0.717) is 19.7 Å². The van der Waals surface area contributed by atoms with Gasteiger partial charge in [-0.25, -0.2) is 4.79 Å². The first-order chi connectivity index (χ1) is 16.2. The molecule has 1 amide bonds. The highest BCUT2D eigenvalue weighted by atomic mass is 16.5. The molecule has 7 nitrogen and oxygen atoms in total. The van der Waals surface area contributed by atoms with Crippen molar-refractivity contribution in [3.05, 3.63) is 65.7 Å². The summed E-state index contributed by atoms with van der Waals surface area (Å²) in [5.41, 5.74) is 8.35. The van der Waals surface area contributed by atoms with Crippen molar-refractivity contribution in [2.24, 2.45) is 11.1 Å². The largest absolute Gasteiger partial charge is 0.497 e. The lowest BCUT2D eigenvalue weighted by Gasteiger charge is -2.40. The second kappa shape index (κ2) is 11.3. The van der Waals surface area contributed by atoms with Crippen LogP contribution in [0.3, 0.4) is 0 Å². The number of carbonyl (C=O) groups is 1. The van der Waals surface area contributed by atoms with Gasteiger partial charge in [0.1, 0.15) is 5.75 Å². The van der Waals surface area contributed by atoms with Crippen LogP contribution in [0.5, 0.6) is 5.75 Å². The molecule has 3 aromatic rings. The number of benzene rings is 1. The van der Waals surface area contributed by atoms with Gasteiger partial charge in [0.2, 0.25) is 0 Å². The fourth-order valence-corrected chi connectivity index (χ4v) is 4.43. The summed E-state index contributed by atoms with van der Waals surface area (Å²) in [4.78, 5) is 22.9. The van der Waals surface area contributed by atoms with Gasteiger partial charge in [0.05, 0.1) is 25.1 Å². The number of hydrogen-bond acceptors (Lipinski definition) is 6. The van der Waals surface area contributed by atoms with Crippen LogP contribution in [0.15, 0.2) is 48.8 Å². The monoisotopic (exact) mass is 464 g/mol. The van der Waals surface area contributed by atoms with E-state index >= 15 is 0 Å². The third-order valence-corrected chi connectivity index (χ3v) is 6.18. The molecule has 0 bridgehead atoms. The van der Waals surface area contributed by atoms with E-state index in [1.165, 1.54) is 0 Å². The fraction of sp³-hybridized carbons (Fsp3) is 0.444. The summed E-state index contributed by atoms with van der Waals surface area (Å²) in [7, 11) is 1.68. The van der Waals surface area contributed by atoms with E-state index in [4.69, 9.17) is 20.2 Å². The van der Waals surface area contributed by atoms with E-state index in [2.05, 4.69) is 49.7 Å². The molecule has 0 aliphatic carbocycles. The highest BCUT2D eigenvalue weighted by Gasteiger charge is 2.31. The molecular formula is C27H36N4O3. The zero-order valence-corrected chi connectivity index (χ0v) is 20.9. The van der Waals surface area contributed by atoms with Crippen LogP contribution < -0.4 is 10.5 Å². The average Bonchev–Trinajstić information content (AvgIpc) is 2.79. The molecule has 1 atom stereocenters. The van der Waals surface area contributed by atoms with Crippen LogP contribution in [-0.4, -0.2) is 40.7 Å². The number of nitrogens with zero attached hydrogens (tertiary/aromatic N) is 3. The molecule has 0 fully saturated rings. The van der Waals surface area contributed by atoms with Gasteiger partial charge < -0.3 is 15.2 Å². The Bertz CT molecular complexity index is 1110. The molecule has 3 rings (SSSR count). The molecule has 0 saturated heterocycles. The van der Waals surface area contributed by atoms with Crippen molar-refractivity contribution >= 4 is 16.9 Å². The van der Waals surface area contributed by atoms with Crippen LogP contribution in [0.1, 0.15) is 50.6 Å². The van der Waals surface area contributed by atoms with Crippen molar-refractivity contribution in [3.8, 4) is 5.75 Å². The number of fused-ring (bicyclic) bond motifs is 1. The van der Waals surface area contributed by atoms with Crippen molar-refractivity contribution in [3.63, 3.8) is 0 Å². The van der Waals surface area contributed by atoms with E-state index in [9.17, 15) is 4.79 Å². The van der Waals surface area contributed by atoms with Gasteiger partial charge in [-0.15, -0.1) is 0 Å². The lowest BCUT2D eigenvalue weighted by Crippen LogP contribution is -2.44. The number of methoxy groups -OCH3 is 1. The first-order valence-electron chi connectivity index (χ1n) is 11.7. The molecule has 0 radical (unpaired) electrons. The molecule has 1 unspecified atom stereocenters. The van der Waals surface area contributed by atoms with Crippen LogP contribution in [0.25, 0.3) is 10.8 Å². The summed E-state index contributed by atoms with van der Waals surface area (Å²) in [6, 6.07) is 12.4. The second-order valence-electron chi connectivity index (χ2n) is 9.71. The number of primary amides is 1. The van der Waals surface area contributed by atoms with Crippen molar-refractivity contribution in [2.45, 2.75) is 59.7 Å². The van der Waals surface area contributed by atoms with E-state index in [1.54, 1.807) is 7.11 Å². The number of amides is 1. The molecule has 2 heterocycles. The van der Waals surface area contributed by atoms with Gasteiger partial charge in [-0.05, 0) is 66.5 Å². The van der Waals surface area contributed by atoms with Crippen molar-refractivity contribution in [2.75, 3.05) is 13.7 Å². The highest BCUT2D eigenvalue weighted by molar-refractivity contribution is 5.85. The number of aromatic nitrogens is 2. The number of rotatable bonds is 10. The van der Waals surface area contributed by atoms with E-state index in [0.717, 1.165) is 46.3 Å². The Labute approximate surface area is 202 Å². The molecule has 182 valence electrons. The molecule has 0 aliphatic rings. The first-order valence-corrected chi connectivity index (χ1v) is 11.7. The lowest BCUT2D eigenvalue weighted by atomic mass is 9.82. The molecule has 34 heavy (non-hydrogen) atoms. The standard InChI is InChI=1S/C27H36N4O3/c1-19-8-6-13-29-23(19)17-31(25(27(2,3)4)9-7-15-34-26(28)32)18-24-22-11-10-21(33-5)16-20(22)12-14-30-24/h6,8,10-14,16,25H,7,9,15,17-18H2,1-5H3,(H2,28,32). The Morgan fingerprint density at radius 2 is 1.82 bits per heavy atom. The molecule has 0 aliphatic heterocycles. The normalized spacial score (nSPS) is 12.6. The Kier molecular flexibility index (Phi) is 8.45. The van der Waals surface area contributed by atoms with Crippen LogP contribution in [0, 0.1) is 12.3 Å². The number of hydrogen-bond donors (Lipinski definition) is 1. The van der Waals surface area contributed by atoms with E-state index < -0.39 is 6.09 Å². The topological polar surface area (TPSA) is 90.6 Å². The van der Waals surface area contributed by atoms with Crippen molar-refractivity contribution in [1.82, 2.24) is 14.9 Å². The maximum absolute atomic E-state index is 11.0. The number of nitrogens with two attached hydrogens (primary N) is 1. The highest BCUT2D eigenvalue weighted by Crippen LogP contribution is 2.32. The van der Waals surface area contributed by atoms with E-state index in [-0.39, 0.29) is 11.5 Å². The zero-order chi connectivity index (χ0) is 24.7. The Morgan fingerprint density at radius 3 is 2.50 bits per heavy atom. The quantitative estimate of drug-likeness (QED) is 0.413. The minimum Gasteiger partial charge on any atom is -0.497 e. The molecular weight excluding hydrogens is 428 g/mol. The van der Waals surface area contributed by atoms with Crippen LogP contribution in [0.4, 0.5) is 4.79 Å². The van der Waals surface area contributed by atoms with Crippen LogP contribution >= 0.6 is 0 Å². The Balaban J connectivity index is 1.96. The maximum Gasteiger partial charge on any atom is 0.404 e. The minimum absolute atomic E-state index is 0.0246. The molecule has 2 N–H and O–H groups in total. The number of ether oxygens (including phenoxy) is 2. The van der Waals surface area contributed by atoms with Crippen LogP contribution in [-0.2, 0) is 17.8 Å². The summed E-state index contributed by atoms with van der Waals surface area (Å²) < 4.78 is 10.4. The first kappa shape index (κ1) is 25.4. The fourth-order valence-electron chi connectivity index (χ4n) is 4.43. The molecule has 0 spiro atoms. The molecule has 0 saturated carbocycles.